The van der Waals surface area contributed by atoms with E-state index in [1.807, 2.05) is 60.7 Å². The number of carbonyl (C=O) groups excluding carboxylic acids is 2. The van der Waals surface area contributed by atoms with Crippen LogP contribution in [0.2, 0.25) is 0 Å². The molecule has 3 aromatic carbocycles. The molecule has 0 aliphatic carbocycles. The van der Waals surface area contributed by atoms with Crippen LogP contribution in [0.4, 0.5) is 5.69 Å². The fraction of sp³-hybridized carbons (Fsp3) is 0.115. The van der Waals surface area contributed by atoms with Crippen LogP contribution in [0, 0.1) is 5.41 Å². The highest BCUT2D eigenvalue weighted by Crippen LogP contribution is 2.22. The van der Waals surface area contributed by atoms with Crippen LogP contribution in [0.3, 0.4) is 0 Å². The third kappa shape index (κ3) is 7.32. The van der Waals surface area contributed by atoms with Crippen molar-refractivity contribution in [2.45, 2.75) is 12.6 Å². The molecule has 3 aromatic rings. The van der Waals surface area contributed by atoms with Gasteiger partial charge in [-0.25, -0.2) is 0 Å². The summed E-state index contributed by atoms with van der Waals surface area (Å²) in [6.07, 6.45) is 1.83. The molecule has 1 atom stereocenters. The SMILES string of the molecule is N=C/C(=C\N)C(=O)NC(COCc1ccccc1)C(=O)Nc1ccc(Oc2ccccc2)cc1. The molecule has 5 N–H and O–H groups in total. The predicted molar refractivity (Wildman–Crippen MR) is 131 cm³/mol. The van der Waals surface area contributed by atoms with E-state index in [-0.39, 0.29) is 18.8 Å². The molecule has 0 saturated carbocycles. The molecular weight excluding hydrogens is 432 g/mol. The molecule has 8 heteroatoms. The smallest absolute Gasteiger partial charge is 0.255 e. The number of para-hydroxylation sites is 1. The van der Waals surface area contributed by atoms with Crippen LogP contribution < -0.4 is 21.1 Å². The number of hydrogen-bond donors (Lipinski definition) is 4. The van der Waals surface area contributed by atoms with E-state index in [1.165, 1.54) is 0 Å². The molecule has 1 unspecified atom stereocenters. The lowest BCUT2D eigenvalue weighted by atomic mass is 10.2. The number of anilines is 1. The Labute approximate surface area is 197 Å². The van der Waals surface area contributed by atoms with Gasteiger partial charge < -0.3 is 31.3 Å². The summed E-state index contributed by atoms with van der Waals surface area (Å²) in [7, 11) is 0. The Morgan fingerprint density at radius 1 is 0.912 bits per heavy atom. The van der Waals surface area contributed by atoms with Crippen molar-refractivity contribution < 1.29 is 19.1 Å². The lowest BCUT2D eigenvalue weighted by Gasteiger charge is -2.19. The minimum Gasteiger partial charge on any atom is -0.457 e. The Hall–Kier alpha value is -4.43. The van der Waals surface area contributed by atoms with Crippen molar-refractivity contribution >= 4 is 23.7 Å². The zero-order valence-corrected chi connectivity index (χ0v) is 18.4. The fourth-order valence-electron chi connectivity index (χ4n) is 2.94. The third-order valence-corrected chi connectivity index (χ3v) is 4.72. The van der Waals surface area contributed by atoms with Gasteiger partial charge in [0.05, 0.1) is 18.8 Å². The minimum absolute atomic E-state index is 0.0664. The number of ether oxygens (including phenoxy) is 2. The van der Waals surface area contributed by atoms with Crippen LogP contribution in [0.25, 0.3) is 0 Å². The summed E-state index contributed by atoms with van der Waals surface area (Å²) in [5.74, 6) is 0.198. The molecule has 34 heavy (non-hydrogen) atoms. The molecule has 2 amide bonds. The van der Waals surface area contributed by atoms with E-state index in [1.54, 1.807) is 24.3 Å². The average molecular weight is 459 g/mol. The van der Waals surface area contributed by atoms with E-state index >= 15 is 0 Å². The van der Waals surface area contributed by atoms with Crippen molar-refractivity contribution in [3.05, 3.63) is 102 Å². The highest BCUT2D eigenvalue weighted by atomic mass is 16.5. The van der Waals surface area contributed by atoms with E-state index < -0.39 is 17.9 Å². The van der Waals surface area contributed by atoms with Gasteiger partial charge in [0.1, 0.15) is 17.5 Å². The normalized spacial score (nSPS) is 11.8. The van der Waals surface area contributed by atoms with Gasteiger partial charge in [-0.05, 0) is 42.0 Å². The van der Waals surface area contributed by atoms with Crippen molar-refractivity contribution in [2.75, 3.05) is 11.9 Å². The van der Waals surface area contributed by atoms with Crippen LogP contribution in [0.1, 0.15) is 5.56 Å². The second kappa shape index (κ2) is 12.6. The van der Waals surface area contributed by atoms with Gasteiger partial charge in [0.15, 0.2) is 0 Å². The van der Waals surface area contributed by atoms with Crippen LogP contribution in [-0.2, 0) is 20.9 Å². The zero-order chi connectivity index (χ0) is 24.2. The predicted octanol–water partition coefficient (Wildman–Crippen LogP) is 3.61. The van der Waals surface area contributed by atoms with Crippen LogP contribution in [-0.4, -0.2) is 30.7 Å². The van der Waals surface area contributed by atoms with Crippen molar-refractivity contribution in [3.8, 4) is 11.5 Å². The van der Waals surface area contributed by atoms with Crippen LogP contribution >= 0.6 is 0 Å². The van der Waals surface area contributed by atoms with Gasteiger partial charge in [-0.1, -0.05) is 48.5 Å². The molecule has 0 radical (unpaired) electrons. The van der Waals surface area contributed by atoms with Crippen molar-refractivity contribution in [2.24, 2.45) is 5.73 Å². The molecule has 0 aliphatic rings. The van der Waals surface area contributed by atoms with E-state index in [9.17, 15) is 9.59 Å². The summed E-state index contributed by atoms with van der Waals surface area (Å²) in [5, 5.41) is 12.6. The van der Waals surface area contributed by atoms with Crippen LogP contribution in [0.15, 0.2) is 96.7 Å². The second-order valence-corrected chi connectivity index (χ2v) is 7.22. The van der Waals surface area contributed by atoms with Gasteiger partial charge in [-0.2, -0.15) is 0 Å². The van der Waals surface area contributed by atoms with Gasteiger partial charge in [0, 0.05) is 18.1 Å². The Morgan fingerprint density at radius 3 is 2.15 bits per heavy atom. The van der Waals surface area contributed by atoms with E-state index in [0.29, 0.717) is 17.2 Å². The van der Waals surface area contributed by atoms with Crippen molar-refractivity contribution in [1.82, 2.24) is 5.32 Å². The number of rotatable bonds is 11. The lowest BCUT2D eigenvalue weighted by Crippen LogP contribution is -2.47. The van der Waals surface area contributed by atoms with Gasteiger partial charge in [0.2, 0.25) is 5.91 Å². The molecule has 0 aromatic heterocycles. The number of carbonyl (C=O) groups is 2. The minimum atomic E-state index is -1.01. The van der Waals surface area contributed by atoms with Crippen LogP contribution in [0.5, 0.6) is 11.5 Å². The topological polar surface area (TPSA) is 127 Å². The number of benzene rings is 3. The lowest BCUT2D eigenvalue weighted by molar-refractivity contribution is -0.125. The molecule has 174 valence electrons. The summed E-state index contributed by atoms with van der Waals surface area (Å²) in [6, 6.07) is 24.7. The zero-order valence-electron chi connectivity index (χ0n) is 18.4. The monoisotopic (exact) mass is 458 g/mol. The molecular formula is C26H26N4O4. The first-order valence-corrected chi connectivity index (χ1v) is 10.6. The van der Waals surface area contributed by atoms with Gasteiger partial charge in [-0.3, -0.25) is 9.59 Å². The Balaban J connectivity index is 1.64. The second-order valence-electron chi connectivity index (χ2n) is 7.22. The molecule has 0 spiro atoms. The quantitative estimate of drug-likeness (QED) is 0.258. The number of nitrogens with two attached hydrogens (primary N) is 1. The summed E-state index contributed by atoms with van der Waals surface area (Å²) in [4.78, 5) is 25.3. The molecule has 0 bridgehead atoms. The Bertz CT molecular complexity index is 1120. The van der Waals surface area contributed by atoms with Gasteiger partial charge >= 0.3 is 0 Å². The fourth-order valence-corrected chi connectivity index (χ4v) is 2.94. The average Bonchev–Trinajstić information content (AvgIpc) is 2.86. The van der Waals surface area contributed by atoms with E-state index in [4.69, 9.17) is 20.6 Å². The van der Waals surface area contributed by atoms with E-state index in [0.717, 1.165) is 18.0 Å². The first-order valence-electron chi connectivity index (χ1n) is 10.6. The molecule has 3 rings (SSSR count). The highest BCUT2D eigenvalue weighted by Gasteiger charge is 2.22. The maximum atomic E-state index is 12.9. The summed E-state index contributed by atoms with van der Waals surface area (Å²) in [6.45, 7) is 0.202. The summed E-state index contributed by atoms with van der Waals surface area (Å²) < 4.78 is 11.4. The highest BCUT2D eigenvalue weighted by molar-refractivity contribution is 6.12. The van der Waals surface area contributed by atoms with Gasteiger partial charge in [0.25, 0.3) is 5.91 Å². The maximum Gasteiger partial charge on any atom is 0.255 e. The Kier molecular flexibility index (Phi) is 8.95. The summed E-state index contributed by atoms with van der Waals surface area (Å²) >= 11 is 0. The first kappa shape index (κ1) is 24.2. The Morgan fingerprint density at radius 2 is 1.53 bits per heavy atom. The molecule has 8 nitrogen and oxygen atoms in total. The number of hydrogen-bond acceptors (Lipinski definition) is 6. The van der Waals surface area contributed by atoms with E-state index in [2.05, 4.69) is 10.6 Å². The molecule has 0 aliphatic heterocycles. The largest absolute Gasteiger partial charge is 0.457 e. The van der Waals surface area contributed by atoms with Gasteiger partial charge in [-0.15, -0.1) is 0 Å². The maximum absolute atomic E-state index is 12.9. The van der Waals surface area contributed by atoms with Crippen molar-refractivity contribution in [1.29, 1.82) is 5.41 Å². The van der Waals surface area contributed by atoms with Crippen molar-refractivity contribution in [3.63, 3.8) is 0 Å². The third-order valence-electron chi connectivity index (χ3n) is 4.72. The molecule has 0 saturated heterocycles. The molecule has 0 fully saturated rings. The standard InChI is InChI=1S/C26H26N4O4/c27-15-20(16-28)25(31)30-24(18-33-17-19-7-3-1-4-8-19)26(32)29-21-11-13-23(14-12-21)34-22-9-5-2-6-10-22/h1-16,24,27H,17-18,28H2,(H,29,32)(H,30,31)/b20-16+,27-15?. The molecule has 0 heterocycles. The summed E-state index contributed by atoms with van der Waals surface area (Å²) in [5.41, 5.74) is 6.78. The first-order chi connectivity index (χ1) is 16.6. The number of amides is 2. The number of nitrogens with one attached hydrogen (secondary N) is 3.